The highest BCUT2D eigenvalue weighted by Crippen LogP contribution is 2.66. The molecule has 3 rings (SSSR count). The highest BCUT2D eigenvalue weighted by atomic mass is 79.9. The summed E-state index contributed by atoms with van der Waals surface area (Å²) in [7, 11) is 0. The van der Waals surface area contributed by atoms with Gasteiger partial charge in [0, 0.05) is 9.89 Å². The van der Waals surface area contributed by atoms with E-state index in [1.165, 1.54) is 29.3 Å². The Balaban J connectivity index is 2.01. The number of nitrogens with two attached hydrogens (primary N) is 1. The van der Waals surface area contributed by atoms with Gasteiger partial charge in [-0.2, -0.15) is 0 Å². The van der Waals surface area contributed by atoms with Crippen molar-refractivity contribution in [3.8, 4) is 0 Å². The second kappa shape index (κ2) is 3.33. The number of benzene rings is 1. The average molecular weight is 266 g/mol. The predicted molar refractivity (Wildman–Crippen MR) is 65.7 cm³/mol. The first kappa shape index (κ1) is 9.86. The summed E-state index contributed by atoms with van der Waals surface area (Å²) in [6, 6.07) is 8.67. The molecule has 0 heterocycles. The molecule has 2 heteroatoms. The summed E-state index contributed by atoms with van der Waals surface area (Å²) < 4.78 is 1.27. The summed E-state index contributed by atoms with van der Waals surface area (Å²) in [5.74, 6) is 1.63. The quantitative estimate of drug-likeness (QED) is 0.894. The van der Waals surface area contributed by atoms with Crippen LogP contribution in [0.1, 0.15) is 24.8 Å². The van der Waals surface area contributed by atoms with Crippen LogP contribution in [0.3, 0.4) is 0 Å². The Bertz CT molecular complexity index is 386. The first-order chi connectivity index (χ1) is 7.29. The molecule has 1 unspecified atom stereocenters. The zero-order chi connectivity index (χ0) is 10.5. The molecule has 2 atom stereocenters. The largest absolute Gasteiger partial charge is 0.330 e. The molecule has 15 heavy (non-hydrogen) atoms. The van der Waals surface area contributed by atoms with Gasteiger partial charge in [0.2, 0.25) is 0 Å². The third-order valence-electron chi connectivity index (χ3n) is 4.12. The molecule has 2 N–H and O–H groups in total. The van der Waals surface area contributed by atoms with Gasteiger partial charge >= 0.3 is 0 Å². The number of hydrogen-bond acceptors (Lipinski definition) is 1. The van der Waals surface area contributed by atoms with Gasteiger partial charge in [0.1, 0.15) is 0 Å². The topological polar surface area (TPSA) is 26.0 Å². The van der Waals surface area contributed by atoms with Crippen LogP contribution in [0.4, 0.5) is 0 Å². The summed E-state index contributed by atoms with van der Waals surface area (Å²) in [6.07, 6.45) is 4.10. The standard InChI is InChI=1S/C13H16BrN/c14-12-4-2-1-3-11(12)13(9-5-6-9)7-10(13)8-15/h1-4,9-10H,5-8,15H2/t10-,13?/m0/s1. The summed E-state index contributed by atoms with van der Waals surface area (Å²) in [5.41, 5.74) is 7.79. The average Bonchev–Trinajstić information content (AvgIpc) is 3.12. The van der Waals surface area contributed by atoms with Gasteiger partial charge in [-0.05, 0) is 49.3 Å². The highest BCUT2D eigenvalue weighted by molar-refractivity contribution is 9.10. The van der Waals surface area contributed by atoms with Crippen molar-refractivity contribution in [3.05, 3.63) is 34.3 Å². The normalized spacial score (nSPS) is 34.1. The van der Waals surface area contributed by atoms with E-state index in [2.05, 4.69) is 40.2 Å². The molecule has 0 radical (unpaired) electrons. The van der Waals surface area contributed by atoms with Crippen molar-refractivity contribution in [1.29, 1.82) is 0 Å². The van der Waals surface area contributed by atoms with Crippen LogP contribution in [0, 0.1) is 11.8 Å². The van der Waals surface area contributed by atoms with Gasteiger partial charge < -0.3 is 5.73 Å². The lowest BCUT2D eigenvalue weighted by Gasteiger charge is -2.18. The molecule has 0 bridgehead atoms. The molecule has 1 aromatic rings. The molecule has 80 valence electrons. The Labute approximate surface area is 99.2 Å². The maximum Gasteiger partial charge on any atom is 0.0213 e. The van der Waals surface area contributed by atoms with E-state index in [1.54, 1.807) is 0 Å². The lowest BCUT2D eigenvalue weighted by molar-refractivity contribution is 0.533. The predicted octanol–water partition coefficient (Wildman–Crippen LogP) is 3.08. The zero-order valence-electron chi connectivity index (χ0n) is 8.75. The van der Waals surface area contributed by atoms with Gasteiger partial charge in [-0.1, -0.05) is 34.1 Å². The van der Waals surface area contributed by atoms with Gasteiger partial charge in [-0.3, -0.25) is 0 Å². The van der Waals surface area contributed by atoms with E-state index in [-0.39, 0.29) is 0 Å². The Hall–Kier alpha value is -0.340. The summed E-state index contributed by atoms with van der Waals surface area (Å²) in [6.45, 7) is 0.845. The van der Waals surface area contributed by atoms with Crippen LogP contribution in [0.15, 0.2) is 28.7 Å². The highest BCUT2D eigenvalue weighted by Gasteiger charge is 2.62. The van der Waals surface area contributed by atoms with Crippen molar-refractivity contribution in [2.45, 2.75) is 24.7 Å². The van der Waals surface area contributed by atoms with E-state index in [0.717, 1.165) is 18.4 Å². The van der Waals surface area contributed by atoms with Crippen LogP contribution in [0.25, 0.3) is 0 Å². The molecule has 0 saturated heterocycles. The minimum atomic E-state index is 0.439. The molecule has 2 aliphatic carbocycles. The van der Waals surface area contributed by atoms with Crippen LogP contribution >= 0.6 is 15.9 Å². The molecule has 0 amide bonds. The fourth-order valence-electron chi connectivity index (χ4n) is 3.13. The monoisotopic (exact) mass is 265 g/mol. The minimum absolute atomic E-state index is 0.439. The molecule has 0 aliphatic heterocycles. The molecule has 0 spiro atoms. The SMILES string of the molecule is NC[C@@H]1CC1(c1ccccc1Br)C1CC1. The smallest absolute Gasteiger partial charge is 0.0213 e. The van der Waals surface area contributed by atoms with Crippen molar-refractivity contribution < 1.29 is 0 Å². The van der Waals surface area contributed by atoms with E-state index in [4.69, 9.17) is 5.73 Å². The molecule has 2 aliphatic rings. The van der Waals surface area contributed by atoms with Gasteiger partial charge in [0.25, 0.3) is 0 Å². The minimum Gasteiger partial charge on any atom is -0.330 e. The van der Waals surface area contributed by atoms with Crippen molar-refractivity contribution in [1.82, 2.24) is 0 Å². The van der Waals surface area contributed by atoms with E-state index < -0.39 is 0 Å². The Morgan fingerprint density at radius 2 is 2.07 bits per heavy atom. The fraction of sp³-hybridized carbons (Fsp3) is 0.538. The fourth-order valence-corrected chi connectivity index (χ4v) is 3.78. The summed E-state index contributed by atoms with van der Waals surface area (Å²) in [5, 5.41) is 0. The number of rotatable bonds is 3. The maximum atomic E-state index is 5.85. The molecule has 1 aromatic carbocycles. The van der Waals surface area contributed by atoms with Gasteiger partial charge in [-0.15, -0.1) is 0 Å². The Kier molecular flexibility index (Phi) is 2.18. The van der Waals surface area contributed by atoms with Crippen LogP contribution in [-0.2, 0) is 5.41 Å². The van der Waals surface area contributed by atoms with Gasteiger partial charge in [0.05, 0.1) is 0 Å². The van der Waals surface area contributed by atoms with Crippen molar-refractivity contribution in [2.75, 3.05) is 6.54 Å². The first-order valence-electron chi connectivity index (χ1n) is 5.74. The third-order valence-corrected chi connectivity index (χ3v) is 4.81. The summed E-state index contributed by atoms with van der Waals surface area (Å²) in [4.78, 5) is 0. The zero-order valence-corrected chi connectivity index (χ0v) is 10.3. The van der Waals surface area contributed by atoms with Crippen LogP contribution in [0.5, 0.6) is 0 Å². The van der Waals surface area contributed by atoms with Crippen molar-refractivity contribution >= 4 is 15.9 Å². The molecule has 2 fully saturated rings. The molecule has 1 nitrogen and oxygen atoms in total. The van der Waals surface area contributed by atoms with Gasteiger partial charge in [-0.25, -0.2) is 0 Å². The maximum absolute atomic E-state index is 5.85. The van der Waals surface area contributed by atoms with Crippen molar-refractivity contribution in [3.63, 3.8) is 0 Å². The molecular weight excluding hydrogens is 250 g/mol. The third kappa shape index (κ3) is 1.38. The lowest BCUT2D eigenvalue weighted by Crippen LogP contribution is -2.18. The first-order valence-corrected chi connectivity index (χ1v) is 6.53. The Morgan fingerprint density at radius 3 is 2.60 bits per heavy atom. The Morgan fingerprint density at radius 1 is 1.33 bits per heavy atom. The van der Waals surface area contributed by atoms with Crippen LogP contribution in [-0.4, -0.2) is 6.54 Å². The van der Waals surface area contributed by atoms with E-state index in [0.29, 0.717) is 5.41 Å². The number of hydrogen-bond donors (Lipinski definition) is 1. The molecular formula is C13H16BrN. The van der Waals surface area contributed by atoms with Crippen LogP contribution < -0.4 is 5.73 Å². The van der Waals surface area contributed by atoms with Crippen LogP contribution in [0.2, 0.25) is 0 Å². The van der Waals surface area contributed by atoms with Crippen molar-refractivity contribution in [2.24, 2.45) is 17.6 Å². The second-order valence-electron chi connectivity index (χ2n) is 4.93. The lowest BCUT2D eigenvalue weighted by atomic mass is 9.88. The molecule has 0 aromatic heterocycles. The van der Waals surface area contributed by atoms with E-state index in [1.807, 2.05) is 0 Å². The van der Waals surface area contributed by atoms with E-state index >= 15 is 0 Å². The van der Waals surface area contributed by atoms with Gasteiger partial charge in [0.15, 0.2) is 0 Å². The molecule has 2 saturated carbocycles. The summed E-state index contributed by atoms with van der Waals surface area (Å²) >= 11 is 3.68. The number of halogens is 1. The van der Waals surface area contributed by atoms with E-state index in [9.17, 15) is 0 Å². The second-order valence-corrected chi connectivity index (χ2v) is 5.79.